The lowest BCUT2D eigenvalue weighted by Gasteiger charge is -2.10. The van der Waals surface area contributed by atoms with Crippen LogP contribution in [0.4, 0.5) is 0 Å². The largest absolute Gasteiger partial charge is 0.293 e. The minimum atomic E-state index is -3.31. The third-order valence-electron chi connectivity index (χ3n) is 2.65. The number of hydrogen-bond acceptors (Lipinski definition) is 3. The Balaban J connectivity index is 2.99. The molecule has 0 unspecified atom stereocenters. The minimum absolute atomic E-state index is 0.00817. The van der Waals surface area contributed by atoms with Gasteiger partial charge < -0.3 is 0 Å². The average molecular weight is 240 g/mol. The highest BCUT2D eigenvalue weighted by molar-refractivity contribution is 7.92. The van der Waals surface area contributed by atoms with Crippen molar-refractivity contribution in [2.24, 2.45) is 0 Å². The fourth-order valence-electron chi connectivity index (χ4n) is 1.37. The summed E-state index contributed by atoms with van der Waals surface area (Å²) in [6, 6.07) is 6.94. The zero-order valence-corrected chi connectivity index (χ0v) is 10.5. The highest BCUT2D eigenvalue weighted by atomic mass is 32.2. The van der Waals surface area contributed by atoms with Crippen LogP contribution in [-0.2, 0) is 9.84 Å². The van der Waals surface area contributed by atoms with Crippen LogP contribution >= 0.6 is 0 Å². The Morgan fingerprint density at radius 3 is 2.19 bits per heavy atom. The van der Waals surface area contributed by atoms with Gasteiger partial charge in [-0.1, -0.05) is 36.8 Å². The van der Waals surface area contributed by atoms with E-state index in [0.29, 0.717) is 5.56 Å². The van der Waals surface area contributed by atoms with Crippen LogP contribution in [-0.4, -0.2) is 25.2 Å². The molecule has 0 heterocycles. The monoisotopic (exact) mass is 240 g/mol. The van der Waals surface area contributed by atoms with Gasteiger partial charge in [0.1, 0.15) is 5.25 Å². The first-order chi connectivity index (χ1) is 7.38. The topological polar surface area (TPSA) is 51.2 Å². The van der Waals surface area contributed by atoms with E-state index in [2.05, 4.69) is 0 Å². The third-order valence-corrected chi connectivity index (χ3v) is 4.74. The molecular formula is C12H16O3S. The van der Waals surface area contributed by atoms with Gasteiger partial charge >= 0.3 is 0 Å². The summed E-state index contributed by atoms with van der Waals surface area (Å²) in [5.74, 6) is -0.340. The van der Waals surface area contributed by atoms with E-state index in [1.165, 1.54) is 6.92 Å². The Morgan fingerprint density at radius 2 is 1.75 bits per heavy atom. The number of ketones is 1. The zero-order chi connectivity index (χ0) is 12.3. The van der Waals surface area contributed by atoms with E-state index in [9.17, 15) is 13.2 Å². The highest BCUT2D eigenvalue weighted by Gasteiger charge is 2.26. The van der Waals surface area contributed by atoms with Crippen molar-refractivity contribution in [1.29, 1.82) is 0 Å². The summed E-state index contributed by atoms with van der Waals surface area (Å²) in [5.41, 5.74) is 1.50. The van der Waals surface area contributed by atoms with E-state index in [4.69, 9.17) is 0 Å². The molecule has 0 saturated carbocycles. The van der Waals surface area contributed by atoms with Crippen LogP contribution in [0.2, 0.25) is 0 Å². The number of hydrogen-bond donors (Lipinski definition) is 0. The molecule has 3 nitrogen and oxygen atoms in total. The third kappa shape index (κ3) is 2.70. The quantitative estimate of drug-likeness (QED) is 0.756. The summed E-state index contributed by atoms with van der Waals surface area (Å²) in [4.78, 5) is 11.9. The van der Waals surface area contributed by atoms with Gasteiger partial charge in [0.2, 0.25) is 0 Å². The number of aryl methyl sites for hydroxylation is 1. The van der Waals surface area contributed by atoms with E-state index in [0.717, 1.165) is 5.56 Å². The molecule has 0 N–H and O–H groups in total. The van der Waals surface area contributed by atoms with Crippen molar-refractivity contribution in [2.45, 2.75) is 26.0 Å². The molecule has 4 heteroatoms. The van der Waals surface area contributed by atoms with Crippen LogP contribution in [0.15, 0.2) is 24.3 Å². The van der Waals surface area contributed by atoms with Gasteiger partial charge in [0, 0.05) is 11.3 Å². The summed E-state index contributed by atoms with van der Waals surface area (Å²) in [5, 5.41) is -0.958. The Kier molecular flexibility index (Phi) is 3.86. The fraction of sp³-hybridized carbons (Fsp3) is 0.417. The molecular weight excluding hydrogens is 224 g/mol. The minimum Gasteiger partial charge on any atom is -0.293 e. The van der Waals surface area contributed by atoms with E-state index in [-0.39, 0.29) is 11.5 Å². The van der Waals surface area contributed by atoms with Crippen LogP contribution in [0.1, 0.15) is 29.8 Å². The summed E-state index contributed by atoms with van der Waals surface area (Å²) in [7, 11) is -3.31. The number of sulfone groups is 1. The molecule has 0 aliphatic carbocycles. The molecule has 88 valence electrons. The maximum Gasteiger partial charge on any atom is 0.180 e. The zero-order valence-electron chi connectivity index (χ0n) is 9.73. The van der Waals surface area contributed by atoms with E-state index in [1.54, 1.807) is 31.2 Å². The Labute approximate surface area is 96.4 Å². The summed E-state index contributed by atoms with van der Waals surface area (Å²) >= 11 is 0. The first-order valence-electron chi connectivity index (χ1n) is 5.21. The molecule has 1 rings (SSSR count). The van der Waals surface area contributed by atoms with Crippen molar-refractivity contribution >= 4 is 15.6 Å². The lowest BCUT2D eigenvalue weighted by atomic mass is 10.1. The van der Waals surface area contributed by atoms with Crippen molar-refractivity contribution in [3.8, 4) is 0 Å². The predicted octanol–water partition coefficient (Wildman–Crippen LogP) is 2.00. The Morgan fingerprint density at radius 1 is 1.25 bits per heavy atom. The molecule has 0 aromatic heterocycles. The molecule has 0 fully saturated rings. The van der Waals surface area contributed by atoms with Crippen LogP contribution in [0, 0.1) is 6.92 Å². The Bertz CT molecular complexity index is 471. The lowest BCUT2D eigenvalue weighted by molar-refractivity contribution is 0.0991. The molecule has 0 bridgehead atoms. The van der Waals surface area contributed by atoms with Crippen molar-refractivity contribution in [2.75, 3.05) is 5.75 Å². The van der Waals surface area contributed by atoms with Gasteiger partial charge in [0.15, 0.2) is 15.6 Å². The lowest BCUT2D eigenvalue weighted by Crippen LogP contribution is -2.28. The number of rotatable bonds is 4. The van der Waals surface area contributed by atoms with E-state index < -0.39 is 15.1 Å². The van der Waals surface area contributed by atoms with Crippen molar-refractivity contribution in [3.63, 3.8) is 0 Å². The van der Waals surface area contributed by atoms with Crippen LogP contribution in [0.5, 0.6) is 0 Å². The summed E-state index contributed by atoms with van der Waals surface area (Å²) < 4.78 is 23.1. The molecule has 1 aromatic rings. The van der Waals surface area contributed by atoms with Crippen LogP contribution in [0.25, 0.3) is 0 Å². The number of Topliss-reactive ketones (excluding diaryl/α,β-unsaturated/α-hetero) is 1. The van der Waals surface area contributed by atoms with Gasteiger partial charge in [-0.05, 0) is 13.8 Å². The second-order valence-electron chi connectivity index (χ2n) is 3.82. The first-order valence-corrected chi connectivity index (χ1v) is 6.92. The van der Waals surface area contributed by atoms with Crippen molar-refractivity contribution in [1.82, 2.24) is 0 Å². The molecule has 1 atom stereocenters. The second-order valence-corrected chi connectivity index (χ2v) is 6.43. The highest BCUT2D eigenvalue weighted by Crippen LogP contribution is 2.12. The first kappa shape index (κ1) is 12.9. The number of benzene rings is 1. The molecule has 1 aromatic carbocycles. The fourth-order valence-corrected chi connectivity index (χ4v) is 2.33. The Hall–Kier alpha value is -1.16. The summed E-state index contributed by atoms with van der Waals surface area (Å²) in [6.07, 6.45) is 0. The van der Waals surface area contributed by atoms with Gasteiger partial charge in [-0.25, -0.2) is 8.42 Å². The molecule has 0 amide bonds. The standard InChI is InChI=1S/C12H16O3S/c1-4-16(14,15)10(3)12(13)11-7-5-9(2)6-8-11/h5-8,10H,4H2,1-3H3/t10-/m1/s1. The van der Waals surface area contributed by atoms with E-state index in [1.807, 2.05) is 6.92 Å². The molecule has 0 saturated heterocycles. The molecule has 0 spiro atoms. The molecule has 0 aliphatic rings. The van der Waals surface area contributed by atoms with Gasteiger partial charge in [0.25, 0.3) is 0 Å². The molecule has 0 aliphatic heterocycles. The second kappa shape index (κ2) is 4.78. The normalized spacial score (nSPS) is 13.4. The smallest absolute Gasteiger partial charge is 0.180 e. The van der Waals surface area contributed by atoms with Crippen LogP contribution in [0.3, 0.4) is 0 Å². The predicted molar refractivity (Wildman–Crippen MR) is 64.4 cm³/mol. The maximum absolute atomic E-state index is 11.9. The SMILES string of the molecule is CCS(=O)(=O)[C@H](C)C(=O)c1ccc(C)cc1. The maximum atomic E-state index is 11.9. The number of carbonyl (C=O) groups is 1. The van der Waals surface area contributed by atoms with Crippen LogP contribution < -0.4 is 0 Å². The van der Waals surface area contributed by atoms with Gasteiger partial charge in [-0.15, -0.1) is 0 Å². The average Bonchev–Trinajstić information content (AvgIpc) is 2.28. The molecule has 16 heavy (non-hydrogen) atoms. The van der Waals surface area contributed by atoms with Crippen molar-refractivity contribution in [3.05, 3.63) is 35.4 Å². The summed E-state index contributed by atoms with van der Waals surface area (Å²) in [6.45, 7) is 4.91. The molecule has 0 radical (unpaired) electrons. The number of carbonyl (C=O) groups excluding carboxylic acids is 1. The van der Waals surface area contributed by atoms with Gasteiger partial charge in [-0.3, -0.25) is 4.79 Å². The van der Waals surface area contributed by atoms with Gasteiger partial charge in [0.05, 0.1) is 0 Å². The van der Waals surface area contributed by atoms with Crippen molar-refractivity contribution < 1.29 is 13.2 Å². The van der Waals surface area contributed by atoms with E-state index >= 15 is 0 Å². The van der Waals surface area contributed by atoms with Gasteiger partial charge in [-0.2, -0.15) is 0 Å².